The number of aromatic nitrogens is 1. The van der Waals surface area contributed by atoms with Crippen LogP contribution in [-0.2, 0) is 17.6 Å². The average Bonchev–Trinajstić information content (AvgIpc) is 2.76. The second-order valence-corrected chi connectivity index (χ2v) is 8.18. The number of rotatable bonds is 2. The van der Waals surface area contributed by atoms with Crippen molar-refractivity contribution >= 4 is 45.6 Å². The molecule has 104 valence electrons. The summed E-state index contributed by atoms with van der Waals surface area (Å²) in [4.78, 5) is 18.0. The lowest BCUT2D eigenvalue weighted by molar-refractivity contribution is -0.120. The molecule has 6 heteroatoms. The molecule has 2 aliphatic carbocycles. The van der Waals surface area contributed by atoms with Gasteiger partial charge in [-0.3, -0.25) is 4.79 Å². The average molecular weight is 319 g/mol. The molecule has 1 aromatic heterocycles. The van der Waals surface area contributed by atoms with E-state index in [2.05, 4.69) is 10.3 Å². The Morgan fingerprint density at radius 3 is 2.68 bits per heavy atom. The predicted molar refractivity (Wildman–Crippen MR) is 79.2 cm³/mol. The van der Waals surface area contributed by atoms with Gasteiger partial charge in [-0.2, -0.15) is 0 Å². The van der Waals surface area contributed by atoms with Crippen LogP contribution in [0, 0.1) is 5.41 Å². The van der Waals surface area contributed by atoms with E-state index < -0.39 is 9.75 Å². The van der Waals surface area contributed by atoms with Gasteiger partial charge in [0.25, 0.3) is 0 Å². The van der Waals surface area contributed by atoms with Gasteiger partial charge >= 0.3 is 0 Å². The van der Waals surface area contributed by atoms with Crippen molar-refractivity contribution in [1.29, 1.82) is 0 Å². The van der Waals surface area contributed by atoms with Gasteiger partial charge in [0.15, 0.2) is 5.13 Å². The zero-order chi connectivity index (χ0) is 13.7. The Morgan fingerprint density at radius 2 is 2.00 bits per heavy atom. The summed E-state index contributed by atoms with van der Waals surface area (Å²) in [7, 11) is 0. The van der Waals surface area contributed by atoms with E-state index >= 15 is 0 Å². The van der Waals surface area contributed by atoms with Crippen LogP contribution in [0.1, 0.15) is 43.2 Å². The second-order valence-electron chi connectivity index (χ2n) is 5.62. The number of anilines is 1. The Morgan fingerprint density at radius 1 is 1.32 bits per heavy atom. The highest BCUT2D eigenvalue weighted by Crippen LogP contribution is 2.64. The van der Waals surface area contributed by atoms with Gasteiger partial charge in [0.2, 0.25) is 5.91 Å². The number of nitrogens with one attached hydrogen (secondary N) is 1. The van der Waals surface area contributed by atoms with Crippen molar-refractivity contribution < 1.29 is 4.79 Å². The fourth-order valence-corrected chi connectivity index (χ4v) is 4.21. The molecule has 0 bridgehead atoms. The number of thiazole rings is 1. The minimum absolute atomic E-state index is 0.124. The summed E-state index contributed by atoms with van der Waals surface area (Å²) >= 11 is 13.6. The molecule has 1 heterocycles. The van der Waals surface area contributed by atoms with Gasteiger partial charge in [0.05, 0.1) is 11.1 Å². The molecule has 0 radical (unpaired) electrons. The minimum atomic E-state index is -0.925. The molecule has 2 aliphatic rings. The first-order chi connectivity index (χ1) is 8.92. The largest absolute Gasteiger partial charge is 0.301 e. The van der Waals surface area contributed by atoms with Gasteiger partial charge in [-0.25, -0.2) is 4.98 Å². The van der Waals surface area contributed by atoms with Crippen molar-refractivity contribution in [1.82, 2.24) is 4.98 Å². The first-order valence-corrected chi connectivity index (χ1v) is 8.17. The quantitative estimate of drug-likeness (QED) is 0.663. The molecule has 0 saturated heterocycles. The van der Waals surface area contributed by atoms with Crippen LogP contribution in [-0.4, -0.2) is 15.2 Å². The molecule has 3 nitrogen and oxygen atoms in total. The number of carbonyl (C=O) groups excluding carboxylic acids is 1. The summed E-state index contributed by atoms with van der Waals surface area (Å²) < 4.78 is -0.925. The van der Waals surface area contributed by atoms with Crippen LogP contribution in [0.4, 0.5) is 5.13 Å². The Bertz CT molecular complexity index is 505. The predicted octanol–water partition coefficient (Wildman–Crippen LogP) is 3.93. The van der Waals surface area contributed by atoms with Crippen molar-refractivity contribution in [3.05, 3.63) is 10.6 Å². The van der Waals surface area contributed by atoms with E-state index in [9.17, 15) is 4.79 Å². The van der Waals surface area contributed by atoms with E-state index in [0.717, 1.165) is 18.5 Å². The maximum atomic E-state index is 12.2. The Kier molecular flexibility index (Phi) is 3.31. The molecule has 1 amide bonds. The number of fused-ring (bicyclic) bond motifs is 1. The zero-order valence-electron chi connectivity index (χ0n) is 10.8. The van der Waals surface area contributed by atoms with E-state index in [0.29, 0.717) is 11.6 Å². The van der Waals surface area contributed by atoms with Gasteiger partial charge in [-0.15, -0.1) is 34.5 Å². The molecule has 1 aromatic rings. The van der Waals surface area contributed by atoms with Crippen LogP contribution >= 0.6 is 34.5 Å². The standard InChI is InChI=1S/C13H16Cl2N2OS/c1-12(7-13(12,14)15)10(18)17-11-16-8-5-3-2-4-6-9(8)19-11/h2-7H2,1H3,(H,16,17,18)/t12-/m1/s1. The molecule has 0 aliphatic heterocycles. The molecule has 0 unspecified atom stereocenters. The third-order valence-corrected chi connectivity index (χ3v) is 6.25. The number of amides is 1. The highest BCUT2D eigenvalue weighted by molar-refractivity contribution is 7.15. The molecule has 1 atom stereocenters. The highest BCUT2D eigenvalue weighted by Gasteiger charge is 2.68. The normalized spacial score (nSPS) is 28.4. The second kappa shape index (κ2) is 4.61. The monoisotopic (exact) mass is 318 g/mol. The van der Waals surface area contributed by atoms with Crippen molar-refractivity contribution in [2.45, 2.75) is 49.8 Å². The van der Waals surface area contributed by atoms with Gasteiger partial charge < -0.3 is 5.32 Å². The number of hydrogen-bond donors (Lipinski definition) is 1. The van der Waals surface area contributed by atoms with Crippen LogP contribution in [0.3, 0.4) is 0 Å². The molecule has 0 spiro atoms. The van der Waals surface area contributed by atoms with Crippen LogP contribution in [0.25, 0.3) is 0 Å². The number of carbonyl (C=O) groups is 1. The van der Waals surface area contributed by atoms with Crippen molar-refractivity contribution in [2.24, 2.45) is 5.41 Å². The lowest BCUT2D eigenvalue weighted by Crippen LogP contribution is -2.25. The van der Waals surface area contributed by atoms with E-state index in [4.69, 9.17) is 23.2 Å². The van der Waals surface area contributed by atoms with E-state index in [1.807, 2.05) is 0 Å². The number of hydrogen-bond acceptors (Lipinski definition) is 3. The molecule has 3 rings (SSSR count). The van der Waals surface area contributed by atoms with Crippen molar-refractivity contribution in [3.63, 3.8) is 0 Å². The molecule has 1 saturated carbocycles. The zero-order valence-corrected chi connectivity index (χ0v) is 13.1. The van der Waals surface area contributed by atoms with Crippen LogP contribution in [0.2, 0.25) is 0 Å². The van der Waals surface area contributed by atoms with E-state index in [-0.39, 0.29) is 5.91 Å². The van der Waals surface area contributed by atoms with Crippen molar-refractivity contribution in [3.8, 4) is 0 Å². The lowest BCUT2D eigenvalue weighted by atomic mass is 10.1. The first kappa shape index (κ1) is 13.7. The third-order valence-electron chi connectivity index (χ3n) is 4.08. The SMILES string of the molecule is C[C@]1(C(=O)Nc2nc3c(s2)CCCCC3)CC1(Cl)Cl. The van der Waals surface area contributed by atoms with Crippen LogP contribution < -0.4 is 5.32 Å². The minimum Gasteiger partial charge on any atom is -0.301 e. The molecular formula is C13H16Cl2N2OS. The van der Waals surface area contributed by atoms with Gasteiger partial charge in [-0.1, -0.05) is 6.42 Å². The summed E-state index contributed by atoms with van der Waals surface area (Å²) in [5.74, 6) is -0.124. The summed E-state index contributed by atoms with van der Waals surface area (Å²) in [6.07, 6.45) is 6.27. The number of alkyl halides is 2. The number of halogens is 2. The molecule has 0 aromatic carbocycles. The lowest BCUT2D eigenvalue weighted by Gasteiger charge is -2.10. The smallest absolute Gasteiger partial charge is 0.235 e. The van der Waals surface area contributed by atoms with Crippen molar-refractivity contribution in [2.75, 3.05) is 5.32 Å². The third kappa shape index (κ3) is 2.39. The van der Waals surface area contributed by atoms with E-state index in [1.54, 1.807) is 18.3 Å². The highest BCUT2D eigenvalue weighted by atomic mass is 35.5. The Balaban J connectivity index is 1.73. The van der Waals surface area contributed by atoms with Gasteiger partial charge in [-0.05, 0) is 39.0 Å². The maximum Gasteiger partial charge on any atom is 0.235 e. The molecule has 19 heavy (non-hydrogen) atoms. The Labute approximate surface area is 126 Å². The maximum absolute atomic E-state index is 12.2. The van der Waals surface area contributed by atoms with Gasteiger partial charge in [0, 0.05) is 4.88 Å². The number of aryl methyl sites for hydroxylation is 2. The van der Waals surface area contributed by atoms with Crippen LogP contribution in [0.5, 0.6) is 0 Å². The molecular weight excluding hydrogens is 303 g/mol. The fourth-order valence-electron chi connectivity index (χ4n) is 2.46. The number of nitrogens with zero attached hydrogens (tertiary/aromatic N) is 1. The summed E-state index contributed by atoms with van der Waals surface area (Å²) in [5.41, 5.74) is 0.473. The van der Waals surface area contributed by atoms with E-state index in [1.165, 1.54) is 24.1 Å². The Hall–Kier alpha value is -0.320. The molecule has 1 fully saturated rings. The summed E-state index contributed by atoms with van der Waals surface area (Å²) in [6, 6.07) is 0. The topological polar surface area (TPSA) is 42.0 Å². The summed E-state index contributed by atoms with van der Waals surface area (Å²) in [5, 5.41) is 3.57. The van der Waals surface area contributed by atoms with Gasteiger partial charge in [0.1, 0.15) is 4.33 Å². The summed E-state index contributed by atoms with van der Waals surface area (Å²) in [6.45, 7) is 1.79. The fraction of sp³-hybridized carbons (Fsp3) is 0.692. The molecule has 1 N–H and O–H groups in total. The van der Waals surface area contributed by atoms with Crippen LogP contribution in [0.15, 0.2) is 0 Å². The first-order valence-electron chi connectivity index (χ1n) is 6.60.